The maximum atomic E-state index is 13.1. The normalized spacial score (nSPS) is 16.5. The van der Waals surface area contributed by atoms with Crippen molar-refractivity contribution >= 4 is 29.2 Å². The van der Waals surface area contributed by atoms with Crippen LogP contribution in [0.3, 0.4) is 0 Å². The molecular formula is C25H27FN4O6. The molecule has 2 aromatic carbocycles. The number of nitrogens with zero attached hydrogens (tertiary/aromatic N) is 4. The first-order chi connectivity index (χ1) is 17.3. The Bertz CT molecular complexity index is 1110. The Kier molecular flexibility index (Phi) is 7.77. The van der Waals surface area contributed by atoms with Crippen LogP contribution in [-0.4, -0.2) is 78.4 Å². The molecule has 0 atom stereocenters. The van der Waals surface area contributed by atoms with E-state index in [0.29, 0.717) is 57.7 Å². The number of halogens is 1. The summed E-state index contributed by atoms with van der Waals surface area (Å²) >= 11 is 0. The summed E-state index contributed by atoms with van der Waals surface area (Å²) in [5.74, 6) is -1.70. The van der Waals surface area contributed by atoms with Crippen LogP contribution in [0.2, 0.25) is 0 Å². The summed E-state index contributed by atoms with van der Waals surface area (Å²) in [6, 6.07) is 11.6. The number of carbonyl (C=O) groups excluding carboxylic acids is 3. The van der Waals surface area contributed by atoms with Gasteiger partial charge in [0.15, 0.2) is 6.61 Å². The van der Waals surface area contributed by atoms with Crippen LogP contribution in [-0.2, 0) is 14.3 Å². The Balaban J connectivity index is 1.18. The average Bonchev–Trinajstić information content (AvgIpc) is 2.92. The Hall–Kier alpha value is -4.02. The third kappa shape index (κ3) is 5.96. The fraction of sp³-hybridized carbons (Fsp3) is 0.400. The molecule has 2 amide bonds. The topological polar surface area (TPSA) is 113 Å². The molecule has 0 radical (unpaired) electrons. The molecule has 2 aliphatic rings. The van der Waals surface area contributed by atoms with Crippen molar-refractivity contribution in [3.8, 4) is 0 Å². The van der Waals surface area contributed by atoms with E-state index in [1.165, 1.54) is 36.4 Å². The largest absolute Gasteiger partial charge is 0.455 e. The Morgan fingerprint density at radius 2 is 1.50 bits per heavy atom. The molecule has 4 rings (SSSR count). The minimum atomic E-state index is -0.446. The molecular weight excluding hydrogens is 471 g/mol. The van der Waals surface area contributed by atoms with Crippen molar-refractivity contribution in [1.82, 2.24) is 9.80 Å². The van der Waals surface area contributed by atoms with Gasteiger partial charge in [0, 0.05) is 62.7 Å². The van der Waals surface area contributed by atoms with E-state index in [1.807, 2.05) is 4.90 Å². The molecule has 190 valence electrons. The fourth-order valence-electron chi connectivity index (χ4n) is 4.43. The number of nitro benzene ring substituents is 1. The summed E-state index contributed by atoms with van der Waals surface area (Å²) in [6.07, 6.45) is 0.877. The number of hydrogen-bond acceptors (Lipinski definition) is 7. The number of anilines is 1. The first kappa shape index (κ1) is 25.1. The van der Waals surface area contributed by atoms with Crippen LogP contribution in [0.4, 0.5) is 15.8 Å². The van der Waals surface area contributed by atoms with Gasteiger partial charge in [-0.05, 0) is 49.2 Å². The van der Waals surface area contributed by atoms with Crippen LogP contribution in [0, 0.1) is 21.8 Å². The van der Waals surface area contributed by atoms with E-state index in [4.69, 9.17) is 4.74 Å². The van der Waals surface area contributed by atoms with Gasteiger partial charge in [-0.25, -0.2) is 4.39 Å². The molecule has 0 aliphatic carbocycles. The van der Waals surface area contributed by atoms with Crippen LogP contribution in [0.25, 0.3) is 0 Å². The Morgan fingerprint density at radius 1 is 0.889 bits per heavy atom. The molecule has 0 saturated carbocycles. The summed E-state index contributed by atoms with van der Waals surface area (Å²) in [7, 11) is 0. The van der Waals surface area contributed by atoms with Crippen LogP contribution in [0.1, 0.15) is 23.2 Å². The second-order valence-corrected chi connectivity index (χ2v) is 8.82. The summed E-state index contributed by atoms with van der Waals surface area (Å²) in [5, 5.41) is 10.8. The Labute approximate surface area is 207 Å². The number of piperazine rings is 1. The number of benzene rings is 2. The zero-order valence-electron chi connectivity index (χ0n) is 19.7. The van der Waals surface area contributed by atoms with Crippen molar-refractivity contribution in [2.45, 2.75) is 12.8 Å². The van der Waals surface area contributed by atoms with E-state index >= 15 is 0 Å². The van der Waals surface area contributed by atoms with Crippen LogP contribution < -0.4 is 4.90 Å². The van der Waals surface area contributed by atoms with Gasteiger partial charge in [0.1, 0.15) is 5.82 Å². The van der Waals surface area contributed by atoms with Gasteiger partial charge in [-0.2, -0.15) is 0 Å². The third-order valence-corrected chi connectivity index (χ3v) is 6.60. The summed E-state index contributed by atoms with van der Waals surface area (Å²) in [6.45, 7) is 2.48. The molecule has 2 saturated heterocycles. The number of likely N-dealkylation sites (tertiary alicyclic amines) is 1. The molecule has 10 nitrogen and oxygen atoms in total. The molecule has 0 N–H and O–H groups in total. The summed E-state index contributed by atoms with van der Waals surface area (Å²) in [5.41, 5.74) is 1.28. The van der Waals surface area contributed by atoms with Gasteiger partial charge in [-0.3, -0.25) is 24.5 Å². The van der Waals surface area contributed by atoms with E-state index in [-0.39, 0.29) is 30.0 Å². The number of rotatable bonds is 6. The molecule has 0 spiro atoms. The van der Waals surface area contributed by atoms with Crippen molar-refractivity contribution in [1.29, 1.82) is 0 Å². The number of amides is 2. The van der Waals surface area contributed by atoms with E-state index < -0.39 is 16.7 Å². The second kappa shape index (κ2) is 11.1. The van der Waals surface area contributed by atoms with Crippen LogP contribution in [0.15, 0.2) is 48.5 Å². The zero-order valence-corrected chi connectivity index (χ0v) is 19.7. The first-order valence-corrected chi connectivity index (χ1v) is 11.8. The number of carbonyl (C=O) groups is 3. The molecule has 2 aromatic rings. The van der Waals surface area contributed by atoms with E-state index in [0.717, 1.165) is 5.69 Å². The lowest BCUT2D eigenvalue weighted by Gasteiger charge is -2.36. The number of esters is 1. The predicted octanol–water partition coefficient (Wildman–Crippen LogP) is 2.48. The summed E-state index contributed by atoms with van der Waals surface area (Å²) < 4.78 is 18.4. The van der Waals surface area contributed by atoms with Gasteiger partial charge in [0.2, 0.25) is 0 Å². The quantitative estimate of drug-likeness (QED) is 0.342. The minimum Gasteiger partial charge on any atom is -0.455 e. The van der Waals surface area contributed by atoms with Gasteiger partial charge < -0.3 is 19.4 Å². The Morgan fingerprint density at radius 3 is 2.08 bits per heavy atom. The molecule has 36 heavy (non-hydrogen) atoms. The lowest BCUT2D eigenvalue weighted by Crippen LogP contribution is -2.50. The van der Waals surface area contributed by atoms with Gasteiger partial charge in [-0.15, -0.1) is 0 Å². The van der Waals surface area contributed by atoms with Crippen LogP contribution >= 0.6 is 0 Å². The molecule has 0 bridgehead atoms. The highest BCUT2D eigenvalue weighted by Gasteiger charge is 2.30. The number of ether oxygens (including phenoxy) is 1. The highest BCUT2D eigenvalue weighted by Crippen LogP contribution is 2.22. The van der Waals surface area contributed by atoms with E-state index in [2.05, 4.69) is 0 Å². The highest BCUT2D eigenvalue weighted by molar-refractivity contribution is 5.94. The molecule has 0 unspecified atom stereocenters. The molecule has 11 heteroatoms. The van der Waals surface area contributed by atoms with Crippen molar-refractivity contribution < 1.29 is 28.4 Å². The van der Waals surface area contributed by atoms with Crippen molar-refractivity contribution in [3.05, 3.63) is 70.0 Å². The van der Waals surface area contributed by atoms with Gasteiger partial charge >= 0.3 is 5.97 Å². The lowest BCUT2D eigenvalue weighted by molar-refractivity contribution is -0.384. The maximum absolute atomic E-state index is 13.1. The number of piperidine rings is 1. The average molecular weight is 499 g/mol. The first-order valence-electron chi connectivity index (χ1n) is 11.8. The van der Waals surface area contributed by atoms with Gasteiger partial charge in [0.25, 0.3) is 17.5 Å². The molecule has 2 heterocycles. The monoisotopic (exact) mass is 498 g/mol. The summed E-state index contributed by atoms with van der Waals surface area (Å²) in [4.78, 5) is 53.2. The van der Waals surface area contributed by atoms with E-state index in [1.54, 1.807) is 21.9 Å². The number of non-ortho nitro benzene ring substituents is 1. The van der Waals surface area contributed by atoms with Gasteiger partial charge in [0.05, 0.1) is 10.8 Å². The number of hydrogen-bond donors (Lipinski definition) is 0. The van der Waals surface area contributed by atoms with Crippen molar-refractivity contribution in [2.24, 2.45) is 5.92 Å². The molecule has 2 aliphatic heterocycles. The second-order valence-electron chi connectivity index (χ2n) is 8.82. The smallest absolute Gasteiger partial charge is 0.309 e. The lowest BCUT2D eigenvalue weighted by atomic mass is 9.96. The maximum Gasteiger partial charge on any atom is 0.309 e. The molecule has 0 aromatic heterocycles. The minimum absolute atomic E-state index is 0.0273. The van der Waals surface area contributed by atoms with Gasteiger partial charge in [-0.1, -0.05) is 0 Å². The zero-order chi connectivity index (χ0) is 25.7. The predicted molar refractivity (Wildman–Crippen MR) is 128 cm³/mol. The molecule has 2 fully saturated rings. The van der Waals surface area contributed by atoms with Crippen molar-refractivity contribution in [3.63, 3.8) is 0 Å². The third-order valence-electron chi connectivity index (χ3n) is 6.60. The van der Waals surface area contributed by atoms with Crippen molar-refractivity contribution in [2.75, 3.05) is 50.8 Å². The highest BCUT2D eigenvalue weighted by atomic mass is 19.1. The van der Waals surface area contributed by atoms with Crippen LogP contribution in [0.5, 0.6) is 0 Å². The van der Waals surface area contributed by atoms with E-state index in [9.17, 15) is 28.9 Å². The standard InChI is InChI=1S/C25H27FN4O6/c26-20-3-1-18(2-4-20)24(32)29-11-9-19(10-12-29)25(33)36-17-23(31)28-15-13-27(14-16-28)21-5-7-22(8-6-21)30(34)35/h1-8,19H,9-17H2. The SMILES string of the molecule is O=C(OCC(=O)N1CCN(c2ccc([N+](=O)[O-])cc2)CC1)C1CCN(C(=O)c2ccc(F)cc2)CC1. The number of nitro groups is 1. The fourth-order valence-corrected chi connectivity index (χ4v) is 4.43.